The standard InChI is InChI=1S/C24H24N2O4/c1-5-30-19-8-6-7-17(13-19)20-10-9-14(2)22(25-20)23(27)26-21-15(3)11-18(24(28)29)12-16(21)4/h6-13H,5H2,1-4H3,(H,26,27)(H,28,29). The first kappa shape index (κ1) is 21.0. The van der Waals surface area contributed by atoms with Crippen molar-refractivity contribution in [2.75, 3.05) is 11.9 Å². The number of nitrogens with one attached hydrogen (secondary N) is 1. The van der Waals surface area contributed by atoms with Gasteiger partial charge in [-0.25, -0.2) is 9.78 Å². The number of anilines is 1. The van der Waals surface area contributed by atoms with E-state index in [-0.39, 0.29) is 11.5 Å². The molecule has 0 bridgehead atoms. The van der Waals surface area contributed by atoms with Gasteiger partial charge in [-0.05, 0) is 74.7 Å². The first-order valence-electron chi connectivity index (χ1n) is 9.67. The molecule has 154 valence electrons. The summed E-state index contributed by atoms with van der Waals surface area (Å²) in [6.45, 7) is 7.86. The summed E-state index contributed by atoms with van der Waals surface area (Å²) in [4.78, 5) is 28.8. The molecule has 2 aromatic carbocycles. The number of carbonyl (C=O) groups excluding carboxylic acids is 1. The molecule has 0 fully saturated rings. The van der Waals surface area contributed by atoms with Crippen molar-refractivity contribution in [2.45, 2.75) is 27.7 Å². The molecule has 3 rings (SSSR count). The Morgan fingerprint density at radius 2 is 1.70 bits per heavy atom. The van der Waals surface area contributed by atoms with E-state index in [0.29, 0.717) is 34.8 Å². The molecule has 0 radical (unpaired) electrons. The molecular weight excluding hydrogens is 380 g/mol. The number of aromatic carboxylic acids is 1. The molecule has 3 aromatic rings. The van der Waals surface area contributed by atoms with E-state index in [0.717, 1.165) is 16.9 Å². The van der Waals surface area contributed by atoms with Crippen molar-refractivity contribution in [1.29, 1.82) is 0 Å². The third kappa shape index (κ3) is 4.49. The van der Waals surface area contributed by atoms with E-state index in [4.69, 9.17) is 4.74 Å². The van der Waals surface area contributed by atoms with Gasteiger partial charge in [-0.15, -0.1) is 0 Å². The maximum absolute atomic E-state index is 13.0. The molecule has 1 heterocycles. The zero-order valence-electron chi connectivity index (χ0n) is 17.4. The lowest BCUT2D eigenvalue weighted by atomic mass is 10.0. The van der Waals surface area contributed by atoms with Gasteiger partial charge in [-0.3, -0.25) is 4.79 Å². The molecule has 0 atom stereocenters. The normalized spacial score (nSPS) is 10.5. The number of carboxylic acids is 1. The minimum atomic E-state index is -1.00. The van der Waals surface area contributed by atoms with Crippen LogP contribution in [0.25, 0.3) is 11.3 Å². The zero-order valence-corrected chi connectivity index (χ0v) is 17.4. The third-order valence-electron chi connectivity index (χ3n) is 4.77. The van der Waals surface area contributed by atoms with Crippen LogP contribution in [-0.2, 0) is 0 Å². The van der Waals surface area contributed by atoms with Crippen molar-refractivity contribution in [3.05, 3.63) is 76.5 Å². The first-order chi connectivity index (χ1) is 14.3. The molecule has 6 heteroatoms. The Balaban J connectivity index is 1.93. The van der Waals surface area contributed by atoms with Crippen LogP contribution < -0.4 is 10.1 Å². The Morgan fingerprint density at radius 1 is 1.00 bits per heavy atom. The van der Waals surface area contributed by atoms with E-state index in [9.17, 15) is 14.7 Å². The Hall–Kier alpha value is -3.67. The Labute approximate surface area is 175 Å². The monoisotopic (exact) mass is 404 g/mol. The van der Waals surface area contributed by atoms with Gasteiger partial charge in [0.2, 0.25) is 0 Å². The van der Waals surface area contributed by atoms with Crippen LogP contribution in [0.2, 0.25) is 0 Å². The van der Waals surface area contributed by atoms with Crippen molar-refractivity contribution >= 4 is 17.6 Å². The van der Waals surface area contributed by atoms with Gasteiger partial charge in [0.05, 0.1) is 17.9 Å². The fourth-order valence-corrected chi connectivity index (χ4v) is 3.29. The second-order valence-electron chi connectivity index (χ2n) is 7.07. The van der Waals surface area contributed by atoms with Crippen molar-refractivity contribution < 1.29 is 19.4 Å². The highest BCUT2D eigenvalue weighted by atomic mass is 16.5. The second-order valence-corrected chi connectivity index (χ2v) is 7.07. The number of ether oxygens (including phenoxy) is 1. The smallest absolute Gasteiger partial charge is 0.335 e. The molecule has 0 aliphatic carbocycles. The lowest BCUT2D eigenvalue weighted by molar-refractivity contribution is 0.0696. The van der Waals surface area contributed by atoms with E-state index in [2.05, 4.69) is 10.3 Å². The summed E-state index contributed by atoms with van der Waals surface area (Å²) in [5.41, 5.74) is 4.72. The molecule has 0 unspecified atom stereocenters. The number of hydrogen-bond acceptors (Lipinski definition) is 4. The number of amides is 1. The van der Waals surface area contributed by atoms with Crippen LogP contribution in [0.3, 0.4) is 0 Å². The summed E-state index contributed by atoms with van der Waals surface area (Å²) in [6, 6.07) is 14.4. The van der Waals surface area contributed by atoms with E-state index in [1.807, 2.05) is 50.2 Å². The van der Waals surface area contributed by atoms with Crippen molar-refractivity contribution in [1.82, 2.24) is 4.98 Å². The summed E-state index contributed by atoms with van der Waals surface area (Å²) in [5, 5.41) is 12.1. The van der Waals surface area contributed by atoms with Crippen molar-refractivity contribution in [2.24, 2.45) is 0 Å². The van der Waals surface area contributed by atoms with Crippen LogP contribution in [0.15, 0.2) is 48.5 Å². The third-order valence-corrected chi connectivity index (χ3v) is 4.77. The average molecular weight is 404 g/mol. The number of hydrogen-bond donors (Lipinski definition) is 2. The fraction of sp³-hybridized carbons (Fsp3) is 0.208. The quantitative estimate of drug-likeness (QED) is 0.602. The number of carboxylic acid groups (broad SMARTS) is 1. The maximum atomic E-state index is 13.0. The zero-order chi connectivity index (χ0) is 21.8. The molecule has 0 spiro atoms. The highest BCUT2D eigenvalue weighted by Gasteiger charge is 2.17. The molecule has 0 aliphatic heterocycles. The molecule has 6 nitrogen and oxygen atoms in total. The number of pyridine rings is 1. The van der Waals surface area contributed by atoms with Crippen molar-refractivity contribution in [3.63, 3.8) is 0 Å². The van der Waals surface area contributed by atoms with Gasteiger partial charge in [-0.2, -0.15) is 0 Å². The molecule has 2 N–H and O–H groups in total. The van der Waals surface area contributed by atoms with E-state index >= 15 is 0 Å². The predicted octanol–water partition coefficient (Wildman–Crippen LogP) is 5.02. The van der Waals surface area contributed by atoms with Gasteiger partial charge >= 0.3 is 5.97 Å². The van der Waals surface area contributed by atoms with Crippen molar-refractivity contribution in [3.8, 4) is 17.0 Å². The Kier molecular flexibility index (Phi) is 6.16. The minimum Gasteiger partial charge on any atom is -0.494 e. The molecule has 0 saturated carbocycles. The van der Waals surface area contributed by atoms with Crippen LogP contribution in [-0.4, -0.2) is 28.6 Å². The predicted molar refractivity (Wildman–Crippen MR) is 116 cm³/mol. The van der Waals surface area contributed by atoms with Crippen LogP contribution in [0.4, 0.5) is 5.69 Å². The van der Waals surface area contributed by atoms with Crippen LogP contribution in [0.1, 0.15) is 44.5 Å². The SMILES string of the molecule is CCOc1cccc(-c2ccc(C)c(C(=O)Nc3c(C)cc(C(=O)O)cc3C)n2)c1. The Bertz CT molecular complexity index is 1100. The number of rotatable bonds is 6. The van der Waals surface area contributed by atoms with Gasteiger partial charge in [0.1, 0.15) is 11.4 Å². The summed E-state index contributed by atoms with van der Waals surface area (Å²) in [7, 11) is 0. The summed E-state index contributed by atoms with van der Waals surface area (Å²) in [5.74, 6) is -0.601. The van der Waals surface area contributed by atoms with E-state index in [1.54, 1.807) is 26.0 Å². The number of aromatic nitrogens is 1. The molecule has 0 aliphatic rings. The van der Waals surface area contributed by atoms with Crippen LogP contribution >= 0.6 is 0 Å². The molecular formula is C24H24N2O4. The lowest BCUT2D eigenvalue weighted by Gasteiger charge is -2.14. The van der Waals surface area contributed by atoms with Crippen LogP contribution in [0, 0.1) is 20.8 Å². The van der Waals surface area contributed by atoms with Gasteiger partial charge in [0.25, 0.3) is 5.91 Å². The average Bonchev–Trinajstić information content (AvgIpc) is 2.71. The molecule has 30 heavy (non-hydrogen) atoms. The number of benzene rings is 2. The second kappa shape index (κ2) is 8.78. The number of aryl methyl sites for hydroxylation is 3. The first-order valence-corrected chi connectivity index (χ1v) is 9.67. The number of nitrogens with zero attached hydrogens (tertiary/aromatic N) is 1. The van der Waals surface area contributed by atoms with Gasteiger partial charge in [0.15, 0.2) is 0 Å². The molecule has 1 aromatic heterocycles. The van der Waals surface area contributed by atoms with Crippen LogP contribution in [0.5, 0.6) is 5.75 Å². The van der Waals surface area contributed by atoms with E-state index in [1.165, 1.54) is 0 Å². The topological polar surface area (TPSA) is 88.5 Å². The maximum Gasteiger partial charge on any atom is 0.335 e. The fourth-order valence-electron chi connectivity index (χ4n) is 3.29. The van der Waals surface area contributed by atoms with Gasteiger partial charge < -0.3 is 15.2 Å². The summed E-state index contributed by atoms with van der Waals surface area (Å²) < 4.78 is 5.55. The molecule has 0 saturated heterocycles. The lowest BCUT2D eigenvalue weighted by Crippen LogP contribution is -2.17. The van der Waals surface area contributed by atoms with Gasteiger partial charge in [-0.1, -0.05) is 18.2 Å². The highest BCUT2D eigenvalue weighted by molar-refractivity contribution is 6.05. The van der Waals surface area contributed by atoms with Gasteiger partial charge in [0, 0.05) is 11.3 Å². The Morgan fingerprint density at radius 3 is 2.33 bits per heavy atom. The summed E-state index contributed by atoms with van der Waals surface area (Å²) in [6.07, 6.45) is 0. The summed E-state index contributed by atoms with van der Waals surface area (Å²) >= 11 is 0. The minimum absolute atomic E-state index is 0.188. The molecule has 1 amide bonds. The highest BCUT2D eigenvalue weighted by Crippen LogP contribution is 2.26. The number of carbonyl (C=O) groups is 2. The van der Waals surface area contributed by atoms with E-state index < -0.39 is 5.97 Å². The largest absolute Gasteiger partial charge is 0.494 e.